The Bertz CT molecular complexity index is 558. The maximum absolute atomic E-state index is 6.08. The summed E-state index contributed by atoms with van der Waals surface area (Å²) in [6.45, 7) is 2.13. The second-order valence-electron chi connectivity index (χ2n) is 4.24. The fourth-order valence-electron chi connectivity index (χ4n) is 2.00. The van der Waals surface area contributed by atoms with Crippen molar-refractivity contribution in [1.29, 1.82) is 0 Å². The highest BCUT2D eigenvalue weighted by atomic mass is 79.9. The van der Waals surface area contributed by atoms with Gasteiger partial charge >= 0.3 is 0 Å². The molecule has 0 bridgehead atoms. The van der Waals surface area contributed by atoms with Crippen molar-refractivity contribution in [1.82, 2.24) is 9.78 Å². The minimum atomic E-state index is 0.686. The molecular weight excluding hydrogens is 314 g/mol. The third-order valence-electron chi connectivity index (χ3n) is 2.83. The molecule has 0 amide bonds. The highest BCUT2D eigenvalue weighted by molar-refractivity contribution is 9.10. The summed E-state index contributed by atoms with van der Waals surface area (Å²) >= 11 is 9.53. The lowest BCUT2D eigenvalue weighted by Gasteiger charge is -2.04. The molecule has 0 aliphatic rings. The Labute approximate surface area is 120 Å². The van der Waals surface area contributed by atoms with E-state index in [9.17, 15) is 0 Å². The number of hydrogen-bond acceptors (Lipinski definition) is 2. The molecular formula is C13H15BrClN3. The number of hydrogen-bond donors (Lipinski definition) is 1. The first-order valence-electron chi connectivity index (χ1n) is 5.80. The molecule has 3 nitrogen and oxygen atoms in total. The Balaban J connectivity index is 2.59. The van der Waals surface area contributed by atoms with Gasteiger partial charge in [-0.25, -0.2) is 0 Å². The molecule has 0 radical (unpaired) electrons. The first-order chi connectivity index (χ1) is 8.52. The van der Waals surface area contributed by atoms with Gasteiger partial charge in [-0.05, 0) is 24.6 Å². The van der Waals surface area contributed by atoms with E-state index in [1.54, 1.807) is 4.68 Å². The fraction of sp³-hybridized carbons (Fsp3) is 0.308. The largest absolute Gasteiger partial charge is 0.384 e. The van der Waals surface area contributed by atoms with E-state index in [0.717, 1.165) is 40.0 Å². The van der Waals surface area contributed by atoms with Gasteiger partial charge in [-0.15, -0.1) is 0 Å². The standard InChI is InChI=1S/C13H15BrClN3/c1-3-4-11-12(17-18(2)13(11)16)8-5-9(14)7-10(15)6-8/h5-7H,3-4,16H2,1-2H3. The third kappa shape index (κ3) is 2.54. The molecule has 2 aromatic rings. The molecule has 0 spiro atoms. The molecule has 0 fully saturated rings. The maximum atomic E-state index is 6.08. The molecule has 5 heteroatoms. The molecule has 0 saturated heterocycles. The molecule has 0 atom stereocenters. The third-order valence-corrected chi connectivity index (χ3v) is 3.51. The lowest BCUT2D eigenvalue weighted by Crippen LogP contribution is -1.99. The summed E-state index contributed by atoms with van der Waals surface area (Å²) in [4.78, 5) is 0. The van der Waals surface area contributed by atoms with E-state index >= 15 is 0 Å². The normalized spacial score (nSPS) is 10.9. The summed E-state index contributed by atoms with van der Waals surface area (Å²) < 4.78 is 2.66. The Morgan fingerprint density at radius 2 is 2.11 bits per heavy atom. The van der Waals surface area contributed by atoms with Crippen LogP contribution in [0, 0.1) is 0 Å². The minimum Gasteiger partial charge on any atom is -0.384 e. The van der Waals surface area contributed by atoms with Crippen molar-refractivity contribution in [2.45, 2.75) is 19.8 Å². The van der Waals surface area contributed by atoms with Crippen LogP contribution < -0.4 is 5.73 Å². The van der Waals surface area contributed by atoms with Crippen molar-refractivity contribution in [2.24, 2.45) is 7.05 Å². The number of nitrogen functional groups attached to an aromatic ring is 1. The van der Waals surface area contributed by atoms with Crippen LogP contribution in [-0.4, -0.2) is 9.78 Å². The van der Waals surface area contributed by atoms with E-state index in [2.05, 4.69) is 28.0 Å². The molecule has 1 aromatic carbocycles. The molecule has 1 aromatic heterocycles. The van der Waals surface area contributed by atoms with E-state index in [4.69, 9.17) is 17.3 Å². The van der Waals surface area contributed by atoms with Gasteiger partial charge in [0.1, 0.15) is 5.82 Å². The van der Waals surface area contributed by atoms with Crippen LogP contribution in [0.3, 0.4) is 0 Å². The Hall–Kier alpha value is -1.00. The number of benzene rings is 1. The lowest BCUT2D eigenvalue weighted by atomic mass is 10.0. The second-order valence-corrected chi connectivity index (χ2v) is 5.60. The van der Waals surface area contributed by atoms with E-state index in [1.807, 2.05) is 25.2 Å². The zero-order valence-electron chi connectivity index (χ0n) is 10.4. The molecule has 0 saturated carbocycles. The molecule has 0 aliphatic heterocycles. The van der Waals surface area contributed by atoms with Crippen molar-refractivity contribution < 1.29 is 0 Å². The lowest BCUT2D eigenvalue weighted by molar-refractivity contribution is 0.781. The highest BCUT2D eigenvalue weighted by Gasteiger charge is 2.15. The zero-order chi connectivity index (χ0) is 13.3. The highest BCUT2D eigenvalue weighted by Crippen LogP contribution is 2.31. The molecule has 96 valence electrons. The summed E-state index contributed by atoms with van der Waals surface area (Å²) in [6, 6.07) is 5.77. The number of nitrogens with zero attached hydrogens (tertiary/aromatic N) is 2. The van der Waals surface area contributed by atoms with Gasteiger partial charge in [-0.1, -0.05) is 40.9 Å². The van der Waals surface area contributed by atoms with Gasteiger partial charge in [-0.3, -0.25) is 4.68 Å². The van der Waals surface area contributed by atoms with E-state index in [-0.39, 0.29) is 0 Å². The molecule has 0 unspecified atom stereocenters. The topological polar surface area (TPSA) is 43.8 Å². The first kappa shape index (κ1) is 13.4. The first-order valence-corrected chi connectivity index (χ1v) is 6.97. The van der Waals surface area contributed by atoms with Gasteiger partial charge in [0.2, 0.25) is 0 Å². The second kappa shape index (κ2) is 5.33. The SMILES string of the molecule is CCCc1c(-c2cc(Cl)cc(Br)c2)nn(C)c1N. The van der Waals surface area contributed by atoms with Crippen molar-refractivity contribution in [3.05, 3.63) is 33.3 Å². The van der Waals surface area contributed by atoms with Crippen LogP contribution in [0.2, 0.25) is 5.02 Å². The summed E-state index contributed by atoms with van der Waals surface area (Å²) in [5.74, 6) is 0.725. The average molecular weight is 329 g/mol. The fourth-order valence-corrected chi connectivity index (χ4v) is 2.86. The van der Waals surface area contributed by atoms with Crippen molar-refractivity contribution >= 4 is 33.3 Å². The molecule has 18 heavy (non-hydrogen) atoms. The van der Waals surface area contributed by atoms with Gasteiger partial charge in [0.25, 0.3) is 0 Å². The minimum absolute atomic E-state index is 0.686. The van der Waals surface area contributed by atoms with Crippen LogP contribution in [0.1, 0.15) is 18.9 Å². The van der Waals surface area contributed by atoms with Gasteiger partial charge in [0.05, 0.1) is 5.69 Å². The van der Waals surface area contributed by atoms with Crippen LogP contribution in [0.4, 0.5) is 5.82 Å². The Morgan fingerprint density at radius 1 is 1.39 bits per heavy atom. The maximum Gasteiger partial charge on any atom is 0.125 e. The predicted octanol–water partition coefficient (Wildman–Crippen LogP) is 4.04. The molecule has 2 N–H and O–H groups in total. The number of rotatable bonds is 3. The number of aromatic nitrogens is 2. The van der Waals surface area contributed by atoms with E-state index in [1.165, 1.54) is 0 Å². The van der Waals surface area contributed by atoms with E-state index in [0.29, 0.717) is 5.02 Å². The summed E-state index contributed by atoms with van der Waals surface area (Å²) in [7, 11) is 1.86. The Kier molecular flexibility index (Phi) is 3.97. The van der Waals surface area contributed by atoms with Crippen molar-refractivity contribution in [2.75, 3.05) is 5.73 Å². The number of anilines is 1. The monoisotopic (exact) mass is 327 g/mol. The van der Waals surface area contributed by atoms with Crippen LogP contribution in [-0.2, 0) is 13.5 Å². The average Bonchev–Trinajstić information content (AvgIpc) is 2.56. The smallest absolute Gasteiger partial charge is 0.125 e. The van der Waals surface area contributed by atoms with Gasteiger partial charge < -0.3 is 5.73 Å². The number of aryl methyl sites for hydroxylation is 1. The van der Waals surface area contributed by atoms with Gasteiger partial charge in [0.15, 0.2) is 0 Å². The van der Waals surface area contributed by atoms with Crippen LogP contribution >= 0.6 is 27.5 Å². The Morgan fingerprint density at radius 3 is 2.72 bits per heavy atom. The van der Waals surface area contributed by atoms with Crippen molar-refractivity contribution in [3.8, 4) is 11.3 Å². The number of halogens is 2. The predicted molar refractivity (Wildman–Crippen MR) is 79.8 cm³/mol. The molecule has 0 aliphatic carbocycles. The van der Waals surface area contributed by atoms with Crippen molar-refractivity contribution in [3.63, 3.8) is 0 Å². The van der Waals surface area contributed by atoms with Gasteiger partial charge in [-0.2, -0.15) is 5.10 Å². The van der Waals surface area contributed by atoms with Crippen LogP contribution in [0.25, 0.3) is 11.3 Å². The van der Waals surface area contributed by atoms with Gasteiger partial charge in [0, 0.05) is 27.7 Å². The number of nitrogens with two attached hydrogens (primary N) is 1. The summed E-state index contributed by atoms with van der Waals surface area (Å²) in [5, 5.41) is 5.18. The summed E-state index contributed by atoms with van der Waals surface area (Å²) in [6.07, 6.45) is 1.95. The molecule has 2 rings (SSSR count). The van der Waals surface area contributed by atoms with E-state index < -0.39 is 0 Å². The van der Waals surface area contributed by atoms with Crippen LogP contribution in [0.5, 0.6) is 0 Å². The molecule has 1 heterocycles. The zero-order valence-corrected chi connectivity index (χ0v) is 12.7. The quantitative estimate of drug-likeness (QED) is 0.924. The summed E-state index contributed by atoms with van der Waals surface area (Å²) in [5.41, 5.74) is 9.06. The van der Waals surface area contributed by atoms with Crippen LogP contribution in [0.15, 0.2) is 22.7 Å².